The van der Waals surface area contributed by atoms with Crippen LogP contribution in [0.25, 0.3) is 0 Å². The number of nitrogens with zero attached hydrogens (tertiary/aromatic N) is 1. The van der Waals surface area contributed by atoms with Crippen molar-refractivity contribution in [3.63, 3.8) is 0 Å². The van der Waals surface area contributed by atoms with Gasteiger partial charge in [0.15, 0.2) is 5.13 Å². The van der Waals surface area contributed by atoms with Gasteiger partial charge in [-0.15, -0.1) is 11.3 Å². The fourth-order valence-corrected chi connectivity index (χ4v) is 4.78. The molecule has 1 heterocycles. The molecular formula is C15H17ClN2O4S2. The highest BCUT2D eigenvalue weighted by Crippen LogP contribution is 2.30. The topological polar surface area (TPSA) is 96.4 Å². The Morgan fingerprint density at radius 1 is 1.38 bits per heavy atom. The molecule has 0 amide bonds. The number of carboxylic acids is 1. The molecule has 1 atom stereocenters. The van der Waals surface area contributed by atoms with Gasteiger partial charge in [0.2, 0.25) is 0 Å². The van der Waals surface area contributed by atoms with E-state index in [1.807, 2.05) is 0 Å². The van der Waals surface area contributed by atoms with Gasteiger partial charge in [0.1, 0.15) is 5.92 Å². The van der Waals surface area contributed by atoms with E-state index in [2.05, 4.69) is 9.71 Å². The van der Waals surface area contributed by atoms with Crippen LogP contribution in [0.3, 0.4) is 0 Å². The van der Waals surface area contributed by atoms with Crippen molar-refractivity contribution in [2.24, 2.45) is 5.92 Å². The van der Waals surface area contributed by atoms with Gasteiger partial charge in [0.05, 0.1) is 10.6 Å². The number of anilines is 1. The van der Waals surface area contributed by atoms with Gasteiger partial charge in [-0.05, 0) is 30.5 Å². The standard InChI is InChI=1S/C15H17ClN2O4S2/c1-8(2)13(14(19)20)11-7-23-15(17-11)18-24(21,22)12-6-4-5-10(16)9(12)3/h4-8,13H,1-3H3,(H,17,18)(H,19,20). The molecule has 0 saturated carbocycles. The molecule has 2 N–H and O–H groups in total. The zero-order valence-corrected chi connectivity index (χ0v) is 15.7. The van der Waals surface area contributed by atoms with Crippen molar-refractivity contribution in [2.75, 3.05) is 4.72 Å². The summed E-state index contributed by atoms with van der Waals surface area (Å²) in [5.41, 5.74) is 0.775. The Morgan fingerprint density at radius 2 is 2.04 bits per heavy atom. The van der Waals surface area contributed by atoms with Crippen LogP contribution < -0.4 is 4.72 Å². The van der Waals surface area contributed by atoms with Crippen LogP contribution in [0, 0.1) is 12.8 Å². The number of benzene rings is 1. The molecule has 0 bridgehead atoms. The van der Waals surface area contributed by atoms with Gasteiger partial charge < -0.3 is 5.11 Å². The molecular weight excluding hydrogens is 372 g/mol. The second kappa shape index (κ2) is 7.08. The first-order chi connectivity index (χ1) is 11.1. The molecule has 6 nitrogen and oxygen atoms in total. The summed E-state index contributed by atoms with van der Waals surface area (Å²) in [6.07, 6.45) is 0. The van der Waals surface area contributed by atoms with Crippen molar-refractivity contribution in [1.82, 2.24) is 4.98 Å². The van der Waals surface area contributed by atoms with Gasteiger partial charge >= 0.3 is 5.97 Å². The number of aliphatic carboxylic acids is 1. The van der Waals surface area contributed by atoms with E-state index in [1.54, 1.807) is 38.3 Å². The van der Waals surface area contributed by atoms with E-state index in [-0.39, 0.29) is 15.9 Å². The van der Waals surface area contributed by atoms with Crippen LogP contribution in [-0.4, -0.2) is 24.5 Å². The predicted molar refractivity (Wildman–Crippen MR) is 94.3 cm³/mol. The lowest BCUT2D eigenvalue weighted by Crippen LogP contribution is -2.18. The van der Waals surface area contributed by atoms with E-state index < -0.39 is 21.9 Å². The van der Waals surface area contributed by atoms with Gasteiger partial charge in [0.25, 0.3) is 10.0 Å². The lowest BCUT2D eigenvalue weighted by Gasteiger charge is -2.13. The molecule has 130 valence electrons. The molecule has 0 saturated heterocycles. The number of halogens is 1. The molecule has 0 aliphatic rings. The number of carboxylic acid groups (broad SMARTS) is 1. The van der Waals surface area contributed by atoms with Crippen molar-refractivity contribution in [3.05, 3.63) is 39.9 Å². The van der Waals surface area contributed by atoms with E-state index in [0.717, 1.165) is 11.3 Å². The molecule has 9 heteroatoms. The van der Waals surface area contributed by atoms with Crippen LogP contribution in [0.5, 0.6) is 0 Å². The number of carbonyl (C=O) groups is 1. The molecule has 0 aliphatic carbocycles. The summed E-state index contributed by atoms with van der Waals surface area (Å²) in [5.74, 6) is -1.94. The van der Waals surface area contributed by atoms with Gasteiger partial charge in [-0.3, -0.25) is 9.52 Å². The highest BCUT2D eigenvalue weighted by molar-refractivity contribution is 7.93. The Labute approximate surface area is 149 Å². The third-order valence-electron chi connectivity index (χ3n) is 3.50. The van der Waals surface area contributed by atoms with E-state index >= 15 is 0 Å². The summed E-state index contributed by atoms with van der Waals surface area (Å²) < 4.78 is 27.4. The molecule has 2 rings (SSSR count). The first-order valence-corrected chi connectivity index (χ1v) is 9.83. The van der Waals surface area contributed by atoms with Crippen molar-refractivity contribution in [2.45, 2.75) is 31.6 Å². The van der Waals surface area contributed by atoms with Gasteiger partial charge in [-0.1, -0.05) is 31.5 Å². The molecule has 0 radical (unpaired) electrons. The number of sulfonamides is 1. The second-order valence-corrected chi connectivity index (χ2v) is 8.52. The minimum Gasteiger partial charge on any atom is -0.481 e. The van der Waals surface area contributed by atoms with Crippen LogP contribution in [0.2, 0.25) is 5.02 Å². The molecule has 1 unspecified atom stereocenters. The third kappa shape index (κ3) is 3.88. The number of hydrogen-bond acceptors (Lipinski definition) is 5. The Balaban J connectivity index is 2.32. The Morgan fingerprint density at radius 3 is 2.62 bits per heavy atom. The van der Waals surface area contributed by atoms with Crippen molar-refractivity contribution >= 4 is 44.1 Å². The van der Waals surface area contributed by atoms with E-state index in [1.165, 1.54) is 6.07 Å². The summed E-state index contributed by atoms with van der Waals surface area (Å²) in [7, 11) is -3.85. The first-order valence-electron chi connectivity index (χ1n) is 7.09. The van der Waals surface area contributed by atoms with Gasteiger partial charge in [0, 0.05) is 10.4 Å². The van der Waals surface area contributed by atoms with Crippen LogP contribution in [0.15, 0.2) is 28.5 Å². The third-order valence-corrected chi connectivity index (χ3v) is 6.30. The summed E-state index contributed by atoms with van der Waals surface area (Å²) in [6.45, 7) is 5.16. The molecule has 24 heavy (non-hydrogen) atoms. The maximum atomic E-state index is 12.5. The number of thiazole rings is 1. The molecule has 1 aromatic heterocycles. The summed E-state index contributed by atoms with van der Waals surface area (Å²) in [4.78, 5) is 15.5. The van der Waals surface area contributed by atoms with Crippen LogP contribution >= 0.6 is 22.9 Å². The monoisotopic (exact) mass is 388 g/mol. The summed E-state index contributed by atoms with van der Waals surface area (Å²) >= 11 is 7.01. The van der Waals surface area contributed by atoms with Crippen LogP contribution in [-0.2, 0) is 14.8 Å². The van der Waals surface area contributed by atoms with Crippen molar-refractivity contribution in [1.29, 1.82) is 0 Å². The minimum atomic E-state index is -3.85. The van der Waals surface area contributed by atoms with Crippen LogP contribution in [0.4, 0.5) is 5.13 Å². The molecule has 2 aromatic rings. The minimum absolute atomic E-state index is 0.0606. The van der Waals surface area contributed by atoms with Crippen molar-refractivity contribution < 1.29 is 18.3 Å². The average Bonchev–Trinajstić information content (AvgIpc) is 2.88. The fraction of sp³-hybridized carbons (Fsp3) is 0.333. The number of nitrogens with one attached hydrogen (secondary N) is 1. The Hall–Kier alpha value is -1.64. The van der Waals surface area contributed by atoms with E-state index in [0.29, 0.717) is 16.3 Å². The molecule has 0 aliphatic heterocycles. The number of rotatable bonds is 6. The molecule has 0 fully saturated rings. The predicted octanol–water partition coefficient (Wildman–Crippen LogP) is 3.73. The maximum Gasteiger partial charge on any atom is 0.312 e. The highest BCUT2D eigenvalue weighted by atomic mass is 35.5. The highest BCUT2D eigenvalue weighted by Gasteiger charge is 2.27. The van der Waals surface area contributed by atoms with E-state index in [9.17, 15) is 18.3 Å². The molecule has 1 aromatic carbocycles. The maximum absolute atomic E-state index is 12.5. The lowest BCUT2D eigenvalue weighted by molar-refractivity contribution is -0.139. The summed E-state index contributed by atoms with van der Waals surface area (Å²) in [5, 5.41) is 11.3. The first kappa shape index (κ1) is 18.7. The van der Waals surface area contributed by atoms with Gasteiger partial charge in [-0.2, -0.15) is 0 Å². The summed E-state index contributed by atoms with van der Waals surface area (Å²) in [6, 6.07) is 4.61. The fourth-order valence-electron chi connectivity index (χ4n) is 2.28. The van der Waals surface area contributed by atoms with Crippen LogP contribution in [0.1, 0.15) is 31.0 Å². The SMILES string of the molecule is Cc1c(Cl)cccc1S(=O)(=O)Nc1nc(C(C(=O)O)C(C)C)cs1. The zero-order chi connectivity index (χ0) is 18.1. The number of aromatic nitrogens is 1. The Bertz CT molecular complexity index is 862. The number of hydrogen-bond donors (Lipinski definition) is 2. The van der Waals surface area contributed by atoms with Gasteiger partial charge in [-0.25, -0.2) is 13.4 Å². The van der Waals surface area contributed by atoms with Crippen molar-refractivity contribution in [3.8, 4) is 0 Å². The largest absolute Gasteiger partial charge is 0.481 e. The smallest absolute Gasteiger partial charge is 0.312 e. The van der Waals surface area contributed by atoms with E-state index in [4.69, 9.17) is 11.6 Å². The second-order valence-electron chi connectivity index (χ2n) is 5.61. The quantitative estimate of drug-likeness (QED) is 0.785. The lowest BCUT2D eigenvalue weighted by atomic mass is 9.93. The zero-order valence-electron chi connectivity index (χ0n) is 13.3. The average molecular weight is 389 g/mol. The normalized spacial score (nSPS) is 13.0. The Kier molecular flexibility index (Phi) is 5.52. The molecule has 0 spiro atoms.